The normalized spacial score (nSPS) is 16.7. The van der Waals surface area contributed by atoms with Crippen molar-refractivity contribution in [1.29, 1.82) is 0 Å². The zero-order valence-corrected chi connectivity index (χ0v) is 20.0. The number of fused-ring (bicyclic) bond motifs is 1. The summed E-state index contributed by atoms with van der Waals surface area (Å²) < 4.78 is 5.37. The number of pyridine rings is 1. The largest absolute Gasteiger partial charge is 0.497 e. The summed E-state index contributed by atoms with van der Waals surface area (Å²) >= 11 is 0. The molecule has 0 amide bonds. The number of nitrogens with zero attached hydrogens (tertiary/aromatic N) is 3. The summed E-state index contributed by atoms with van der Waals surface area (Å²) in [5.74, 6) is 0.787. The summed E-state index contributed by atoms with van der Waals surface area (Å²) in [4.78, 5) is 9.45. The van der Waals surface area contributed by atoms with Gasteiger partial charge in [0, 0.05) is 37.3 Å². The van der Waals surface area contributed by atoms with Crippen molar-refractivity contribution in [2.75, 3.05) is 46.4 Å². The molecule has 0 radical (unpaired) electrons. The number of unbranched alkanes of at least 4 members (excludes halogenated alkanes) is 4. The highest BCUT2D eigenvalue weighted by molar-refractivity contribution is 5.83. The van der Waals surface area contributed by atoms with Gasteiger partial charge in [-0.25, -0.2) is 0 Å². The van der Waals surface area contributed by atoms with E-state index in [4.69, 9.17) is 10.5 Å². The second-order valence-electron chi connectivity index (χ2n) is 9.07. The van der Waals surface area contributed by atoms with E-state index in [-0.39, 0.29) is 0 Å². The highest BCUT2D eigenvalue weighted by Crippen LogP contribution is 2.28. The maximum atomic E-state index is 11.0. The minimum Gasteiger partial charge on any atom is -0.497 e. The van der Waals surface area contributed by atoms with Gasteiger partial charge in [-0.1, -0.05) is 32.6 Å². The van der Waals surface area contributed by atoms with Crippen molar-refractivity contribution in [2.45, 2.75) is 64.0 Å². The molecule has 1 aromatic heterocycles. The predicted octanol–water partition coefficient (Wildman–Crippen LogP) is 3.97. The van der Waals surface area contributed by atoms with Gasteiger partial charge in [-0.3, -0.25) is 9.88 Å². The first-order valence-corrected chi connectivity index (χ1v) is 12.4. The molecule has 0 unspecified atom stereocenters. The van der Waals surface area contributed by atoms with Gasteiger partial charge >= 0.3 is 0 Å². The van der Waals surface area contributed by atoms with E-state index >= 15 is 0 Å². The van der Waals surface area contributed by atoms with E-state index in [1.165, 1.54) is 38.6 Å². The first-order valence-electron chi connectivity index (χ1n) is 12.4. The van der Waals surface area contributed by atoms with Gasteiger partial charge in [-0.15, -0.1) is 0 Å². The van der Waals surface area contributed by atoms with E-state index in [1.54, 1.807) is 13.3 Å². The SMILES string of the molecule is CCCCCCCN(CCN)C1CCN(C[C@H](O)c2ccnc3ccc(OC)cc23)CC1. The maximum absolute atomic E-state index is 11.0. The molecule has 0 saturated carbocycles. The van der Waals surface area contributed by atoms with Crippen molar-refractivity contribution in [2.24, 2.45) is 5.73 Å². The molecule has 2 aromatic rings. The smallest absolute Gasteiger partial charge is 0.119 e. The average Bonchev–Trinajstić information content (AvgIpc) is 2.83. The van der Waals surface area contributed by atoms with Crippen LogP contribution >= 0.6 is 0 Å². The van der Waals surface area contributed by atoms with Crippen LogP contribution in [0.2, 0.25) is 0 Å². The van der Waals surface area contributed by atoms with Crippen LogP contribution in [0, 0.1) is 0 Å². The summed E-state index contributed by atoms with van der Waals surface area (Å²) in [5, 5.41) is 12.0. The molecule has 3 rings (SSSR count). The van der Waals surface area contributed by atoms with Crippen LogP contribution in [0.15, 0.2) is 30.5 Å². The molecule has 1 fully saturated rings. The van der Waals surface area contributed by atoms with Crippen molar-refractivity contribution in [3.63, 3.8) is 0 Å². The standard InChI is InChI=1S/C26H42N4O2/c1-3-4-5-6-7-15-30(18-13-27)21-11-16-29(17-12-21)20-26(31)23-10-14-28-25-9-8-22(32-2)19-24(23)25/h8-10,14,19,21,26,31H,3-7,11-13,15-18,20,27H2,1-2H3/t26-/m0/s1. The number of hydrogen-bond donors (Lipinski definition) is 2. The highest BCUT2D eigenvalue weighted by Gasteiger charge is 2.26. The highest BCUT2D eigenvalue weighted by atomic mass is 16.5. The second-order valence-corrected chi connectivity index (χ2v) is 9.07. The Balaban J connectivity index is 1.53. The molecule has 6 nitrogen and oxygen atoms in total. The van der Waals surface area contributed by atoms with Crippen molar-refractivity contribution < 1.29 is 9.84 Å². The third kappa shape index (κ3) is 6.88. The number of rotatable bonds is 13. The third-order valence-electron chi connectivity index (χ3n) is 6.81. The van der Waals surface area contributed by atoms with E-state index in [0.29, 0.717) is 12.6 Å². The lowest BCUT2D eigenvalue weighted by Gasteiger charge is -2.39. The number of aliphatic hydroxyl groups is 1. The Morgan fingerprint density at radius 3 is 2.66 bits per heavy atom. The average molecular weight is 443 g/mol. The van der Waals surface area contributed by atoms with Gasteiger partial charge in [0.05, 0.1) is 18.7 Å². The van der Waals surface area contributed by atoms with Crippen molar-refractivity contribution >= 4 is 10.9 Å². The fourth-order valence-corrected chi connectivity index (χ4v) is 4.94. The first kappa shape index (κ1) is 24.9. The van der Waals surface area contributed by atoms with E-state index < -0.39 is 6.10 Å². The monoisotopic (exact) mass is 442 g/mol. The summed E-state index contributed by atoms with van der Waals surface area (Å²) in [5.41, 5.74) is 7.72. The lowest BCUT2D eigenvalue weighted by molar-refractivity contribution is 0.0676. The molecule has 1 aliphatic heterocycles. The Morgan fingerprint density at radius 1 is 1.16 bits per heavy atom. The fourth-order valence-electron chi connectivity index (χ4n) is 4.94. The van der Waals surface area contributed by atoms with Crippen LogP contribution in [0.25, 0.3) is 10.9 Å². The Bertz CT molecular complexity index is 808. The van der Waals surface area contributed by atoms with Gasteiger partial charge in [-0.05, 0) is 68.7 Å². The van der Waals surface area contributed by atoms with E-state index in [1.807, 2.05) is 24.3 Å². The molecule has 0 spiro atoms. The summed E-state index contributed by atoms with van der Waals surface area (Å²) in [6.45, 7) is 7.84. The number of aliphatic hydroxyl groups excluding tert-OH is 1. The van der Waals surface area contributed by atoms with Crippen LogP contribution in [0.3, 0.4) is 0 Å². The molecule has 32 heavy (non-hydrogen) atoms. The Morgan fingerprint density at radius 2 is 1.94 bits per heavy atom. The van der Waals surface area contributed by atoms with Gasteiger partial charge < -0.3 is 20.5 Å². The maximum Gasteiger partial charge on any atom is 0.119 e. The van der Waals surface area contributed by atoms with Gasteiger partial charge in [0.25, 0.3) is 0 Å². The number of nitrogens with two attached hydrogens (primary N) is 1. The lowest BCUT2D eigenvalue weighted by atomic mass is 9.99. The Kier molecular flexibility index (Phi) is 10.2. The van der Waals surface area contributed by atoms with Gasteiger partial charge in [0.2, 0.25) is 0 Å². The minimum absolute atomic E-state index is 0.539. The molecular formula is C26H42N4O2. The zero-order chi connectivity index (χ0) is 22.8. The number of likely N-dealkylation sites (tertiary alicyclic amines) is 1. The van der Waals surface area contributed by atoms with E-state index in [0.717, 1.165) is 61.2 Å². The molecule has 1 atom stereocenters. The molecule has 0 bridgehead atoms. The molecular weight excluding hydrogens is 400 g/mol. The van der Waals surface area contributed by atoms with Crippen molar-refractivity contribution in [3.05, 3.63) is 36.0 Å². The van der Waals surface area contributed by atoms with Crippen LogP contribution in [0.5, 0.6) is 5.75 Å². The molecule has 6 heteroatoms. The first-order chi connectivity index (χ1) is 15.7. The summed E-state index contributed by atoms with van der Waals surface area (Å²) in [7, 11) is 1.66. The number of ether oxygens (including phenoxy) is 1. The minimum atomic E-state index is -0.539. The van der Waals surface area contributed by atoms with Crippen molar-refractivity contribution in [3.8, 4) is 5.75 Å². The predicted molar refractivity (Wildman–Crippen MR) is 132 cm³/mol. The van der Waals surface area contributed by atoms with Crippen LogP contribution in [-0.2, 0) is 0 Å². The van der Waals surface area contributed by atoms with Crippen LogP contribution in [0.1, 0.15) is 63.5 Å². The molecule has 2 heterocycles. The number of piperidine rings is 1. The zero-order valence-electron chi connectivity index (χ0n) is 20.0. The number of aromatic nitrogens is 1. The quantitative estimate of drug-likeness (QED) is 0.457. The van der Waals surface area contributed by atoms with Crippen LogP contribution in [0.4, 0.5) is 0 Å². The van der Waals surface area contributed by atoms with Gasteiger partial charge in [0.15, 0.2) is 0 Å². The molecule has 1 aliphatic rings. The fraction of sp³-hybridized carbons (Fsp3) is 0.654. The second kappa shape index (κ2) is 13.1. The van der Waals surface area contributed by atoms with Crippen LogP contribution < -0.4 is 10.5 Å². The molecule has 178 valence electrons. The van der Waals surface area contributed by atoms with Gasteiger partial charge in [-0.2, -0.15) is 0 Å². The molecule has 1 aromatic carbocycles. The Labute approximate surface area is 193 Å². The molecule has 1 saturated heterocycles. The number of methoxy groups -OCH3 is 1. The number of hydrogen-bond acceptors (Lipinski definition) is 6. The summed E-state index contributed by atoms with van der Waals surface area (Å²) in [6.07, 6.45) is 10.1. The van der Waals surface area contributed by atoms with Crippen LogP contribution in [-0.4, -0.2) is 72.3 Å². The topological polar surface area (TPSA) is 74.9 Å². The van der Waals surface area contributed by atoms with E-state index in [2.05, 4.69) is 21.7 Å². The summed E-state index contributed by atoms with van der Waals surface area (Å²) in [6, 6.07) is 8.38. The third-order valence-corrected chi connectivity index (χ3v) is 6.81. The number of β-amino-alcohol motifs (C(OH)–C–C–N with tert-alkyl or cyclic N) is 1. The lowest BCUT2D eigenvalue weighted by Crippen LogP contribution is -2.47. The van der Waals surface area contributed by atoms with Crippen molar-refractivity contribution in [1.82, 2.24) is 14.8 Å². The number of benzene rings is 1. The molecule has 0 aliphatic carbocycles. The van der Waals surface area contributed by atoms with E-state index in [9.17, 15) is 5.11 Å². The Hall–Kier alpha value is -1.73. The van der Waals surface area contributed by atoms with Gasteiger partial charge in [0.1, 0.15) is 5.75 Å². The molecule has 3 N–H and O–H groups in total.